The molecule has 0 aliphatic rings. The number of hydrogen-bond acceptors (Lipinski definition) is 6. The fraction of sp³-hybridized carbons (Fsp3) is 0.278. The van der Waals surface area contributed by atoms with E-state index in [9.17, 15) is 13.2 Å². The van der Waals surface area contributed by atoms with E-state index in [2.05, 4.69) is 25.3 Å². The van der Waals surface area contributed by atoms with Crippen LogP contribution in [0.5, 0.6) is 0 Å². The molecule has 0 fully saturated rings. The summed E-state index contributed by atoms with van der Waals surface area (Å²) >= 11 is 13.4. The molecule has 4 aromatic rings. The number of hydrogen-bond donors (Lipinski definition) is 0. The van der Waals surface area contributed by atoms with Crippen LogP contribution in [-0.4, -0.2) is 34.3 Å². The van der Waals surface area contributed by atoms with Crippen LogP contribution in [-0.2, 0) is 6.18 Å². The maximum absolute atomic E-state index is 13.1. The maximum Gasteiger partial charge on any atom is 0.453 e. The number of nitrogens with zero attached hydrogens (tertiary/aromatic N) is 7. The molecule has 0 saturated heterocycles. The molecule has 0 spiro atoms. The molecule has 0 N–H and O–H groups in total. The molecule has 13 heteroatoms. The van der Waals surface area contributed by atoms with Gasteiger partial charge in [0.25, 0.3) is 11.6 Å². The van der Waals surface area contributed by atoms with Crippen LogP contribution in [0.1, 0.15) is 31.4 Å². The van der Waals surface area contributed by atoms with E-state index in [1.165, 1.54) is 0 Å². The van der Waals surface area contributed by atoms with Gasteiger partial charge in [0.1, 0.15) is 5.03 Å². The first-order chi connectivity index (χ1) is 14.5. The van der Waals surface area contributed by atoms with E-state index < -0.39 is 12.0 Å². The third-order valence-corrected chi connectivity index (χ3v) is 5.72. The number of benzene rings is 1. The first-order valence-corrected chi connectivity index (χ1v) is 10.5. The maximum atomic E-state index is 13.1. The first-order valence-electron chi connectivity index (χ1n) is 8.94. The summed E-state index contributed by atoms with van der Waals surface area (Å²) in [6, 6.07) is 6.58. The highest BCUT2D eigenvalue weighted by atomic mass is 35.5. The Morgan fingerprint density at radius 1 is 1.06 bits per heavy atom. The predicted octanol–water partition coefficient (Wildman–Crippen LogP) is 5.75. The van der Waals surface area contributed by atoms with E-state index in [4.69, 9.17) is 23.2 Å². The molecular weight excluding hydrogens is 474 g/mol. The molecule has 162 valence electrons. The summed E-state index contributed by atoms with van der Waals surface area (Å²) in [6.45, 7) is 5.54. The van der Waals surface area contributed by atoms with Crippen molar-refractivity contribution in [1.29, 1.82) is 0 Å². The van der Waals surface area contributed by atoms with E-state index >= 15 is 0 Å². The summed E-state index contributed by atoms with van der Waals surface area (Å²) in [5.74, 6) is -0.895. The van der Waals surface area contributed by atoms with E-state index in [-0.39, 0.29) is 11.8 Å². The molecule has 0 unspecified atom stereocenters. The minimum atomic E-state index is -4.68. The zero-order valence-electron chi connectivity index (χ0n) is 16.3. The van der Waals surface area contributed by atoms with Gasteiger partial charge in [0.05, 0.1) is 5.02 Å². The van der Waals surface area contributed by atoms with Crippen LogP contribution in [0.3, 0.4) is 0 Å². The van der Waals surface area contributed by atoms with Gasteiger partial charge in [-0.3, -0.25) is 4.57 Å². The van der Waals surface area contributed by atoms with E-state index in [0.717, 1.165) is 16.3 Å². The van der Waals surface area contributed by atoms with Crippen LogP contribution in [0.25, 0.3) is 17.2 Å². The van der Waals surface area contributed by atoms with Crippen LogP contribution < -0.4 is 0 Å². The SMILES string of the molecule is Cc1cc(Sc2nnc(-c3ccc(Cl)cc3Cl)n2C(C)C)n2nc(C(F)(F)F)nc2n1. The molecule has 0 bridgehead atoms. The second-order valence-electron chi connectivity index (χ2n) is 6.88. The number of halogens is 5. The third-order valence-electron chi connectivity index (χ3n) is 4.21. The van der Waals surface area contributed by atoms with Crippen molar-refractivity contribution < 1.29 is 13.2 Å². The normalized spacial score (nSPS) is 12.3. The van der Waals surface area contributed by atoms with Gasteiger partial charge in [-0.15, -0.1) is 15.3 Å². The van der Waals surface area contributed by atoms with Crippen LogP contribution in [0.4, 0.5) is 13.2 Å². The zero-order valence-corrected chi connectivity index (χ0v) is 18.6. The van der Waals surface area contributed by atoms with Crippen LogP contribution in [0, 0.1) is 6.92 Å². The Morgan fingerprint density at radius 2 is 1.81 bits per heavy atom. The molecule has 1 aromatic carbocycles. The summed E-state index contributed by atoms with van der Waals surface area (Å²) in [5, 5.41) is 13.8. The number of aromatic nitrogens is 7. The average molecular weight is 488 g/mol. The molecule has 0 aliphatic heterocycles. The first kappa shape index (κ1) is 21.8. The molecule has 7 nitrogen and oxygen atoms in total. The number of fused-ring (bicyclic) bond motifs is 1. The van der Waals surface area contributed by atoms with Crippen molar-refractivity contribution >= 4 is 40.7 Å². The Bertz CT molecular complexity index is 1280. The van der Waals surface area contributed by atoms with Crippen molar-refractivity contribution in [1.82, 2.24) is 34.3 Å². The standard InChI is InChI=1S/C18H14Cl2F3N7S/c1-8(2)29-14(11-5-4-10(19)7-12(11)20)26-27-17(29)31-13-6-9(3)24-16-25-15(18(21,22)23)28-30(13)16/h4-8H,1-3H3. The molecule has 0 radical (unpaired) electrons. The van der Waals surface area contributed by atoms with Crippen molar-refractivity contribution in [3.05, 3.63) is 45.8 Å². The quantitative estimate of drug-likeness (QED) is 0.341. The highest BCUT2D eigenvalue weighted by molar-refractivity contribution is 7.99. The smallest absolute Gasteiger partial charge is 0.299 e. The second-order valence-corrected chi connectivity index (χ2v) is 8.71. The molecule has 4 rings (SSSR count). The minimum Gasteiger partial charge on any atom is -0.299 e. The summed E-state index contributed by atoms with van der Waals surface area (Å²) in [7, 11) is 0. The van der Waals surface area contributed by atoms with Crippen molar-refractivity contribution in [3.8, 4) is 11.4 Å². The largest absolute Gasteiger partial charge is 0.453 e. The van der Waals surface area contributed by atoms with Gasteiger partial charge in [-0.05, 0) is 56.8 Å². The van der Waals surface area contributed by atoms with E-state index in [0.29, 0.717) is 37.3 Å². The fourth-order valence-electron chi connectivity index (χ4n) is 2.91. The third kappa shape index (κ3) is 4.21. The fourth-order valence-corrected chi connectivity index (χ4v) is 4.50. The predicted molar refractivity (Wildman–Crippen MR) is 111 cm³/mol. The minimum absolute atomic E-state index is 0.0702. The molecule has 0 atom stereocenters. The molecule has 3 heterocycles. The zero-order chi connectivity index (χ0) is 22.5. The van der Waals surface area contributed by atoms with Gasteiger partial charge in [0.15, 0.2) is 11.0 Å². The molecule has 0 amide bonds. The van der Waals surface area contributed by atoms with Gasteiger partial charge in [-0.25, -0.2) is 4.98 Å². The second kappa shape index (κ2) is 7.95. The monoisotopic (exact) mass is 487 g/mol. The van der Waals surface area contributed by atoms with Crippen LogP contribution in [0.2, 0.25) is 10.0 Å². The van der Waals surface area contributed by atoms with Gasteiger partial charge in [-0.2, -0.15) is 22.7 Å². The Labute approximate surface area is 188 Å². The lowest BCUT2D eigenvalue weighted by Crippen LogP contribution is -2.08. The van der Waals surface area contributed by atoms with Crippen LogP contribution >= 0.6 is 35.0 Å². The van der Waals surface area contributed by atoms with Crippen molar-refractivity contribution in [2.24, 2.45) is 0 Å². The average Bonchev–Trinajstić information content (AvgIpc) is 3.26. The van der Waals surface area contributed by atoms with Crippen molar-refractivity contribution in [2.75, 3.05) is 0 Å². The number of alkyl halides is 3. The van der Waals surface area contributed by atoms with E-state index in [1.807, 2.05) is 18.4 Å². The highest BCUT2D eigenvalue weighted by Crippen LogP contribution is 2.36. The number of rotatable bonds is 4. The van der Waals surface area contributed by atoms with Crippen molar-refractivity contribution in [2.45, 2.75) is 43.2 Å². The lowest BCUT2D eigenvalue weighted by atomic mass is 10.2. The molecule has 0 aliphatic carbocycles. The van der Waals surface area contributed by atoms with Crippen LogP contribution in [0.15, 0.2) is 34.4 Å². The summed E-state index contributed by atoms with van der Waals surface area (Å²) in [4.78, 5) is 7.55. The Kier molecular flexibility index (Phi) is 5.61. The number of aryl methyl sites for hydroxylation is 1. The Hall–Kier alpha value is -2.37. The van der Waals surface area contributed by atoms with Gasteiger partial charge < -0.3 is 0 Å². The molecule has 3 aromatic heterocycles. The summed E-state index contributed by atoms with van der Waals surface area (Å²) in [5.41, 5.74) is 1.13. The summed E-state index contributed by atoms with van der Waals surface area (Å²) < 4.78 is 42.2. The molecular formula is C18H14Cl2F3N7S. The summed E-state index contributed by atoms with van der Waals surface area (Å²) in [6.07, 6.45) is -4.68. The molecule has 0 saturated carbocycles. The highest BCUT2D eigenvalue weighted by Gasteiger charge is 2.37. The van der Waals surface area contributed by atoms with Gasteiger partial charge in [0.2, 0.25) is 0 Å². The van der Waals surface area contributed by atoms with Gasteiger partial charge in [-0.1, -0.05) is 23.2 Å². The topological polar surface area (TPSA) is 73.8 Å². The van der Waals surface area contributed by atoms with E-state index in [1.54, 1.807) is 31.2 Å². The van der Waals surface area contributed by atoms with Crippen molar-refractivity contribution in [3.63, 3.8) is 0 Å². The Balaban J connectivity index is 1.82. The lowest BCUT2D eigenvalue weighted by molar-refractivity contribution is -0.144. The van der Waals surface area contributed by atoms with Gasteiger partial charge >= 0.3 is 6.18 Å². The van der Waals surface area contributed by atoms with Gasteiger partial charge in [0, 0.05) is 22.3 Å². The lowest BCUT2D eigenvalue weighted by Gasteiger charge is -2.14. The molecule has 31 heavy (non-hydrogen) atoms. The Morgan fingerprint density at radius 3 is 2.45 bits per heavy atom.